The van der Waals surface area contributed by atoms with Gasteiger partial charge in [-0.25, -0.2) is 0 Å². The van der Waals surface area contributed by atoms with E-state index in [9.17, 15) is 4.79 Å². The molecule has 1 aromatic rings. The largest absolute Gasteiger partial charge is 0.360 e. The van der Waals surface area contributed by atoms with Crippen molar-refractivity contribution in [1.29, 1.82) is 0 Å². The van der Waals surface area contributed by atoms with E-state index in [0.29, 0.717) is 12.1 Å². The predicted molar refractivity (Wildman–Crippen MR) is 99.5 cm³/mol. The molecule has 122 valence electrons. The average molecular weight is 311 g/mol. The summed E-state index contributed by atoms with van der Waals surface area (Å²) < 4.78 is 0. The van der Waals surface area contributed by atoms with Crippen molar-refractivity contribution in [3.8, 4) is 0 Å². The molecule has 1 rings (SSSR count). The number of nitrogens with one attached hydrogen (secondary N) is 2. The molecule has 0 heterocycles. The highest BCUT2D eigenvalue weighted by atomic mass is 16.1. The second kappa shape index (κ2) is 10.2. The lowest BCUT2D eigenvalue weighted by Crippen LogP contribution is -2.23. The lowest BCUT2D eigenvalue weighted by molar-refractivity contribution is -0.115. The van der Waals surface area contributed by atoms with E-state index in [1.165, 1.54) is 0 Å². The summed E-state index contributed by atoms with van der Waals surface area (Å²) in [7, 11) is 0. The number of amides is 1. The number of anilines is 1. The van der Waals surface area contributed by atoms with Crippen LogP contribution >= 0.6 is 0 Å². The Bertz CT molecular complexity index is 610. The summed E-state index contributed by atoms with van der Waals surface area (Å²) in [5.41, 5.74) is 3.25. The Labute approximate surface area is 138 Å². The third-order valence-electron chi connectivity index (χ3n) is 2.87. The number of hydrogen-bond donors (Lipinski definition) is 2. The van der Waals surface area contributed by atoms with E-state index < -0.39 is 0 Å². The summed E-state index contributed by atoms with van der Waals surface area (Å²) in [4.78, 5) is 16.3. The molecule has 4 nitrogen and oxygen atoms in total. The minimum Gasteiger partial charge on any atom is -0.360 e. The Hall–Kier alpha value is -2.62. The van der Waals surface area contributed by atoms with Crippen LogP contribution < -0.4 is 10.6 Å². The first-order valence-electron chi connectivity index (χ1n) is 7.77. The fourth-order valence-corrected chi connectivity index (χ4v) is 1.87. The Balaban J connectivity index is 2.87. The van der Waals surface area contributed by atoms with E-state index in [0.717, 1.165) is 23.2 Å². The summed E-state index contributed by atoms with van der Waals surface area (Å²) in [5.74, 6) is -0.0926. The van der Waals surface area contributed by atoms with Crippen molar-refractivity contribution in [1.82, 2.24) is 5.32 Å². The number of carbonyl (C=O) groups excluding carboxylic acids is 1. The van der Waals surface area contributed by atoms with E-state index in [4.69, 9.17) is 0 Å². The zero-order valence-corrected chi connectivity index (χ0v) is 14.1. The van der Waals surface area contributed by atoms with E-state index >= 15 is 0 Å². The molecule has 1 aromatic carbocycles. The van der Waals surface area contributed by atoms with Crippen LogP contribution in [0.4, 0.5) is 5.69 Å². The van der Waals surface area contributed by atoms with Crippen LogP contribution in [0.3, 0.4) is 0 Å². The molecule has 4 heteroatoms. The first kappa shape index (κ1) is 18.4. The van der Waals surface area contributed by atoms with Gasteiger partial charge in [0.05, 0.1) is 0 Å². The number of nitrogens with zero attached hydrogens (tertiary/aromatic N) is 1. The predicted octanol–water partition coefficient (Wildman–Crippen LogP) is 4.15. The number of likely N-dealkylation sites (N-methyl/N-ethyl adjacent to an activating group) is 1. The second-order valence-corrected chi connectivity index (χ2v) is 5.04. The normalized spacial score (nSPS) is 11.9. The number of aliphatic imine (C=N–C) groups is 1. The maximum atomic E-state index is 12.2. The molecule has 0 aromatic heterocycles. The van der Waals surface area contributed by atoms with Crippen molar-refractivity contribution in [2.75, 3.05) is 11.9 Å². The van der Waals surface area contributed by atoms with Gasteiger partial charge >= 0.3 is 0 Å². The second-order valence-electron chi connectivity index (χ2n) is 5.04. The van der Waals surface area contributed by atoms with Crippen LogP contribution in [0.15, 0.2) is 59.9 Å². The van der Waals surface area contributed by atoms with Gasteiger partial charge in [0, 0.05) is 36.4 Å². The Kier molecular flexibility index (Phi) is 8.14. The molecule has 0 spiro atoms. The molecule has 0 aliphatic carbocycles. The minimum atomic E-state index is -0.0926. The first-order chi connectivity index (χ1) is 11.1. The highest BCUT2D eigenvalue weighted by Gasteiger charge is 2.10. The Morgan fingerprint density at radius 1 is 1.26 bits per heavy atom. The molecule has 23 heavy (non-hydrogen) atoms. The van der Waals surface area contributed by atoms with Gasteiger partial charge in [0.15, 0.2) is 0 Å². The van der Waals surface area contributed by atoms with Crippen LogP contribution in [0.1, 0.15) is 32.8 Å². The molecule has 0 fully saturated rings. The average Bonchev–Trinajstić information content (AvgIpc) is 2.53. The molecular weight excluding hydrogens is 286 g/mol. The van der Waals surface area contributed by atoms with Crippen molar-refractivity contribution >= 4 is 23.4 Å². The van der Waals surface area contributed by atoms with Gasteiger partial charge in [-0.05, 0) is 44.0 Å². The standard InChI is InChI=1S/C19H25N3O/c1-5-11-20-12-13-22-17-9-7-16(8-10-17)18(14-15(3)4)19(23)21-6-2/h7-14,22H,3,5-6H2,1-2,4H3,(H,21,23)/b13-12+,18-14+,20-11?. The van der Waals surface area contributed by atoms with E-state index in [1.807, 2.05) is 51.3 Å². The topological polar surface area (TPSA) is 53.5 Å². The molecule has 1 amide bonds. The van der Waals surface area contributed by atoms with Crippen molar-refractivity contribution in [2.45, 2.75) is 27.2 Å². The molecule has 0 unspecified atom stereocenters. The van der Waals surface area contributed by atoms with Gasteiger partial charge in [-0.2, -0.15) is 0 Å². The third-order valence-corrected chi connectivity index (χ3v) is 2.87. The molecule has 0 atom stereocenters. The van der Waals surface area contributed by atoms with Crippen molar-refractivity contribution in [2.24, 2.45) is 4.99 Å². The number of benzene rings is 1. The number of hydrogen-bond acceptors (Lipinski definition) is 3. The van der Waals surface area contributed by atoms with Crippen molar-refractivity contribution < 1.29 is 4.79 Å². The molecule has 0 saturated carbocycles. The fourth-order valence-electron chi connectivity index (χ4n) is 1.87. The van der Waals surface area contributed by atoms with Crippen LogP contribution in [0.5, 0.6) is 0 Å². The summed E-state index contributed by atoms with van der Waals surface area (Å²) in [6.07, 6.45) is 8.03. The van der Waals surface area contributed by atoms with Crippen LogP contribution in [-0.2, 0) is 4.79 Å². The SMILES string of the molecule is C=C(C)/C=C(/C(=O)NCC)c1ccc(N/C=C/N=CCC)cc1. The zero-order chi connectivity index (χ0) is 17.1. The highest BCUT2D eigenvalue weighted by molar-refractivity contribution is 6.20. The van der Waals surface area contributed by atoms with Gasteiger partial charge < -0.3 is 10.6 Å². The minimum absolute atomic E-state index is 0.0926. The number of carbonyl (C=O) groups is 1. The van der Waals surface area contributed by atoms with Crippen LogP contribution in [0, 0.1) is 0 Å². The lowest BCUT2D eigenvalue weighted by atomic mass is 10.0. The van der Waals surface area contributed by atoms with Crippen LogP contribution in [0.25, 0.3) is 5.57 Å². The maximum Gasteiger partial charge on any atom is 0.251 e. The molecule has 0 aliphatic heterocycles. The Morgan fingerprint density at radius 3 is 2.52 bits per heavy atom. The Morgan fingerprint density at radius 2 is 1.96 bits per heavy atom. The molecule has 2 N–H and O–H groups in total. The smallest absolute Gasteiger partial charge is 0.251 e. The number of rotatable bonds is 8. The monoisotopic (exact) mass is 311 g/mol. The quantitative estimate of drug-likeness (QED) is 0.430. The molecule has 0 aliphatic rings. The van der Waals surface area contributed by atoms with Gasteiger partial charge in [-0.3, -0.25) is 9.79 Å². The molecule has 0 bridgehead atoms. The fraction of sp³-hybridized carbons (Fsp3) is 0.263. The van der Waals surface area contributed by atoms with E-state index in [1.54, 1.807) is 18.5 Å². The zero-order valence-electron chi connectivity index (χ0n) is 14.1. The maximum absolute atomic E-state index is 12.2. The van der Waals surface area contributed by atoms with Gasteiger partial charge in [0.2, 0.25) is 0 Å². The van der Waals surface area contributed by atoms with Gasteiger partial charge in [-0.1, -0.05) is 31.2 Å². The van der Waals surface area contributed by atoms with E-state index in [2.05, 4.69) is 22.2 Å². The van der Waals surface area contributed by atoms with Gasteiger partial charge in [-0.15, -0.1) is 0 Å². The highest BCUT2D eigenvalue weighted by Crippen LogP contribution is 2.19. The summed E-state index contributed by atoms with van der Waals surface area (Å²) in [5, 5.41) is 5.96. The number of allylic oxidation sites excluding steroid dienone is 2. The third kappa shape index (κ3) is 6.78. The van der Waals surface area contributed by atoms with Crippen LogP contribution in [-0.4, -0.2) is 18.7 Å². The van der Waals surface area contributed by atoms with Crippen molar-refractivity contribution in [3.05, 3.63) is 60.5 Å². The lowest BCUT2D eigenvalue weighted by Gasteiger charge is -2.09. The summed E-state index contributed by atoms with van der Waals surface area (Å²) in [6, 6.07) is 7.67. The summed E-state index contributed by atoms with van der Waals surface area (Å²) in [6.45, 7) is 10.3. The molecular formula is C19H25N3O. The summed E-state index contributed by atoms with van der Waals surface area (Å²) >= 11 is 0. The molecule has 0 radical (unpaired) electrons. The van der Waals surface area contributed by atoms with Gasteiger partial charge in [0.25, 0.3) is 5.91 Å². The first-order valence-corrected chi connectivity index (χ1v) is 7.77. The molecule has 0 saturated heterocycles. The van der Waals surface area contributed by atoms with Crippen LogP contribution in [0.2, 0.25) is 0 Å². The van der Waals surface area contributed by atoms with E-state index in [-0.39, 0.29) is 5.91 Å². The van der Waals surface area contributed by atoms with Gasteiger partial charge in [0.1, 0.15) is 0 Å². The van der Waals surface area contributed by atoms with Crippen molar-refractivity contribution in [3.63, 3.8) is 0 Å².